The first-order valence-corrected chi connectivity index (χ1v) is 18.8. The summed E-state index contributed by atoms with van der Waals surface area (Å²) in [6, 6.07) is 23.6. The standard InChI is InChI=1S/C44H49F2N5O4/c1-29-9-12-33(37(45)26-29)17-20-38-48-41(53)36-8-7-23-47-40(36)51(38)28-39(52)50(35-21-24-49(25-22-35)44(4,5)42(54)55-6)27-30-10-13-31(14-11-30)32-15-18-34(19-16-32)43(2,3)46/h7-16,18-19,23,26,35H,17,20-22,24-25,27-28H2,1-6H3. The molecule has 6 rings (SSSR count). The van der Waals surface area contributed by atoms with Gasteiger partial charge in [0.2, 0.25) is 5.91 Å². The zero-order chi connectivity index (χ0) is 39.5. The van der Waals surface area contributed by atoms with Gasteiger partial charge in [0.1, 0.15) is 35.0 Å². The van der Waals surface area contributed by atoms with E-state index in [9.17, 15) is 23.2 Å². The second kappa shape index (κ2) is 16.2. The minimum absolute atomic E-state index is 0.129. The second-order valence-electron chi connectivity index (χ2n) is 15.4. The SMILES string of the molecule is COC(=O)C(C)(C)N1CCC(N(Cc2ccc(-c3ccc(C(C)(C)F)cc3)cc2)C(=O)Cn2c(CCc3ccc(C)cc3F)nc(=O)c3cccnc32)CC1. The third kappa shape index (κ3) is 8.83. The van der Waals surface area contributed by atoms with E-state index in [4.69, 9.17) is 4.74 Å². The predicted molar refractivity (Wildman–Crippen MR) is 210 cm³/mol. The molecule has 2 aromatic heterocycles. The van der Waals surface area contributed by atoms with E-state index >= 15 is 0 Å². The van der Waals surface area contributed by atoms with Gasteiger partial charge in [0.15, 0.2) is 0 Å². The smallest absolute Gasteiger partial charge is 0.325 e. The van der Waals surface area contributed by atoms with Crippen LogP contribution in [0.2, 0.25) is 0 Å². The van der Waals surface area contributed by atoms with Crippen LogP contribution in [0.3, 0.4) is 0 Å². The summed E-state index contributed by atoms with van der Waals surface area (Å²) in [6.45, 7) is 9.95. The molecule has 1 aliphatic heterocycles. The lowest BCUT2D eigenvalue weighted by Gasteiger charge is -2.44. The van der Waals surface area contributed by atoms with Crippen LogP contribution in [0, 0.1) is 12.7 Å². The zero-order valence-electron chi connectivity index (χ0n) is 32.4. The van der Waals surface area contributed by atoms with E-state index in [-0.39, 0.29) is 43.1 Å². The van der Waals surface area contributed by atoms with E-state index in [1.165, 1.54) is 27.0 Å². The molecule has 0 aliphatic carbocycles. The summed E-state index contributed by atoms with van der Waals surface area (Å²) in [5.74, 6) is -0.473. The van der Waals surface area contributed by atoms with Crippen LogP contribution in [0.25, 0.3) is 22.2 Å². The Labute approximate surface area is 321 Å². The number of aryl methyl sites for hydroxylation is 3. The fraction of sp³-hybridized carbons (Fsp3) is 0.386. The van der Waals surface area contributed by atoms with E-state index in [1.807, 2.05) is 68.1 Å². The van der Waals surface area contributed by atoms with Gasteiger partial charge >= 0.3 is 5.97 Å². The van der Waals surface area contributed by atoms with Crippen molar-refractivity contribution in [3.05, 3.63) is 129 Å². The minimum atomic E-state index is -1.43. The summed E-state index contributed by atoms with van der Waals surface area (Å²) < 4.78 is 36.1. The van der Waals surface area contributed by atoms with Crippen molar-refractivity contribution in [2.45, 2.75) is 90.6 Å². The van der Waals surface area contributed by atoms with E-state index < -0.39 is 16.8 Å². The molecule has 55 heavy (non-hydrogen) atoms. The fourth-order valence-corrected chi connectivity index (χ4v) is 7.42. The summed E-state index contributed by atoms with van der Waals surface area (Å²) in [7, 11) is 1.39. The molecule has 1 aliphatic rings. The van der Waals surface area contributed by atoms with Gasteiger partial charge in [-0.3, -0.25) is 19.3 Å². The Morgan fingerprint density at radius 2 is 1.58 bits per heavy atom. The lowest BCUT2D eigenvalue weighted by molar-refractivity contribution is -0.155. The first kappa shape index (κ1) is 39.4. The number of likely N-dealkylation sites (tertiary alicyclic amines) is 1. The summed E-state index contributed by atoms with van der Waals surface area (Å²) in [5, 5.41) is 0.296. The Kier molecular flexibility index (Phi) is 11.6. The number of piperidine rings is 1. The van der Waals surface area contributed by atoms with Crippen LogP contribution in [0.4, 0.5) is 8.78 Å². The molecule has 288 valence electrons. The molecule has 0 radical (unpaired) electrons. The van der Waals surface area contributed by atoms with Gasteiger partial charge in [-0.2, -0.15) is 4.98 Å². The van der Waals surface area contributed by atoms with Gasteiger partial charge in [-0.15, -0.1) is 0 Å². The Morgan fingerprint density at radius 3 is 2.20 bits per heavy atom. The summed E-state index contributed by atoms with van der Waals surface area (Å²) in [5.41, 5.74) is 2.39. The van der Waals surface area contributed by atoms with Gasteiger partial charge in [-0.1, -0.05) is 60.7 Å². The van der Waals surface area contributed by atoms with Gasteiger partial charge in [0.25, 0.3) is 5.56 Å². The Hall–Kier alpha value is -5.29. The van der Waals surface area contributed by atoms with Crippen molar-refractivity contribution in [2.75, 3.05) is 20.2 Å². The number of fused-ring (bicyclic) bond motifs is 1. The van der Waals surface area contributed by atoms with E-state index in [1.54, 1.807) is 41.1 Å². The molecule has 11 heteroatoms. The number of halogens is 2. The quantitative estimate of drug-likeness (QED) is 0.123. The maximum Gasteiger partial charge on any atom is 0.325 e. The maximum absolute atomic E-state index is 14.9. The number of nitrogens with zero attached hydrogens (tertiary/aromatic N) is 5. The van der Waals surface area contributed by atoms with Crippen molar-refractivity contribution in [1.29, 1.82) is 0 Å². The highest BCUT2D eigenvalue weighted by atomic mass is 19.1. The number of benzene rings is 3. The molecule has 0 bridgehead atoms. The lowest BCUT2D eigenvalue weighted by atomic mass is 9.95. The Balaban J connectivity index is 1.30. The van der Waals surface area contributed by atoms with Crippen LogP contribution >= 0.6 is 0 Å². The van der Waals surface area contributed by atoms with Crippen molar-refractivity contribution < 1.29 is 23.1 Å². The highest BCUT2D eigenvalue weighted by molar-refractivity contribution is 5.81. The molecule has 5 aromatic rings. The largest absolute Gasteiger partial charge is 0.468 e. The van der Waals surface area contributed by atoms with Crippen LogP contribution in [0.5, 0.6) is 0 Å². The molecule has 1 amide bonds. The van der Waals surface area contributed by atoms with Gasteiger partial charge in [0.05, 0.1) is 12.5 Å². The number of pyridine rings is 1. The monoisotopic (exact) mass is 749 g/mol. The van der Waals surface area contributed by atoms with Crippen molar-refractivity contribution in [2.24, 2.45) is 0 Å². The zero-order valence-corrected chi connectivity index (χ0v) is 32.4. The highest BCUT2D eigenvalue weighted by Gasteiger charge is 2.39. The second-order valence-corrected chi connectivity index (χ2v) is 15.4. The first-order chi connectivity index (χ1) is 26.1. The first-order valence-electron chi connectivity index (χ1n) is 18.8. The average molecular weight is 750 g/mol. The molecule has 0 spiro atoms. The number of methoxy groups -OCH3 is 1. The fourth-order valence-electron chi connectivity index (χ4n) is 7.42. The van der Waals surface area contributed by atoms with Crippen LogP contribution in [0.1, 0.15) is 68.6 Å². The summed E-state index contributed by atoms with van der Waals surface area (Å²) in [6.07, 6.45) is 3.34. The maximum atomic E-state index is 14.9. The van der Waals surface area contributed by atoms with Crippen LogP contribution in [0.15, 0.2) is 89.9 Å². The molecule has 0 saturated carbocycles. The topological polar surface area (TPSA) is 97.6 Å². The molecular weight excluding hydrogens is 701 g/mol. The third-order valence-corrected chi connectivity index (χ3v) is 10.8. The number of carbonyl (C=O) groups excluding carboxylic acids is 2. The number of hydrogen-bond acceptors (Lipinski definition) is 7. The molecule has 0 atom stereocenters. The van der Waals surface area contributed by atoms with Crippen molar-refractivity contribution in [3.63, 3.8) is 0 Å². The highest BCUT2D eigenvalue weighted by Crippen LogP contribution is 2.30. The van der Waals surface area contributed by atoms with Gasteiger partial charge in [0, 0.05) is 38.3 Å². The number of carbonyl (C=O) groups is 2. The molecule has 0 unspecified atom stereocenters. The lowest BCUT2D eigenvalue weighted by Crippen LogP contribution is -2.56. The van der Waals surface area contributed by atoms with Gasteiger partial charge < -0.3 is 14.2 Å². The van der Waals surface area contributed by atoms with E-state index in [0.29, 0.717) is 60.5 Å². The number of esters is 1. The number of amides is 1. The minimum Gasteiger partial charge on any atom is -0.468 e. The van der Waals surface area contributed by atoms with E-state index in [0.717, 1.165) is 22.3 Å². The Morgan fingerprint density at radius 1 is 0.927 bits per heavy atom. The number of alkyl halides is 1. The Bertz CT molecular complexity index is 2220. The van der Waals surface area contributed by atoms with Gasteiger partial charge in [-0.05, 0) is 105 Å². The van der Waals surface area contributed by atoms with Crippen molar-refractivity contribution >= 4 is 22.9 Å². The van der Waals surface area contributed by atoms with Crippen LogP contribution in [-0.4, -0.2) is 68.0 Å². The average Bonchev–Trinajstić information content (AvgIpc) is 3.17. The van der Waals surface area contributed by atoms with Crippen LogP contribution < -0.4 is 5.56 Å². The number of aromatic nitrogens is 3. The van der Waals surface area contributed by atoms with Crippen molar-refractivity contribution in [1.82, 2.24) is 24.3 Å². The normalized spacial score (nSPS) is 14.3. The molecule has 3 aromatic carbocycles. The number of ether oxygens (including phenoxy) is 1. The third-order valence-electron chi connectivity index (χ3n) is 10.8. The predicted octanol–water partition coefficient (Wildman–Crippen LogP) is 7.34. The molecule has 1 saturated heterocycles. The summed E-state index contributed by atoms with van der Waals surface area (Å²) in [4.78, 5) is 53.4. The molecular formula is C44H49F2N5O4. The molecule has 9 nitrogen and oxygen atoms in total. The molecule has 3 heterocycles. The van der Waals surface area contributed by atoms with E-state index in [2.05, 4.69) is 14.9 Å². The molecule has 1 fully saturated rings. The number of hydrogen-bond donors (Lipinski definition) is 0. The van der Waals surface area contributed by atoms with Crippen molar-refractivity contribution in [3.8, 4) is 11.1 Å². The summed E-state index contributed by atoms with van der Waals surface area (Å²) >= 11 is 0. The molecule has 0 N–H and O–H groups in total. The van der Waals surface area contributed by atoms with Gasteiger partial charge in [-0.25, -0.2) is 13.8 Å². The number of rotatable bonds is 12. The van der Waals surface area contributed by atoms with Crippen LogP contribution in [-0.2, 0) is 45.9 Å².